The number of hydrogen-bond acceptors (Lipinski definition) is 5. The maximum Gasteiger partial charge on any atom is 0.362 e. The summed E-state index contributed by atoms with van der Waals surface area (Å²) in [7, 11) is 1.48. The van der Waals surface area contributed by atoms with Crippen molar-refractivity contribution in [2.45, 2.75) is 13.3 Å². The third-order valence-electron chi connectivity index (χ3n) is 4.01. The molecular weight excluding hydrogens is 412 g/mol. The van der Waals surface area contributed by atoms with E-state index in [-0.39, 0.29) is 5.69 Å². The second kappa shape index (κ2) is 8.26. The van der Waals surface area contributed by atoms with Crippen LogP contribution in [0.4, 0.5) is 11.4 Å². The number of fused-ring (bicyclic) bond motifs is 1. The number of anilines is 2. The molecule has 0 bridgehead atoms. The first-order valence-electron chi connectivity index (χ1n) is 8.49. The Morgan fingerprint density at radius 2 is 1.96 bits per heavy atom. The normalized spacial score (nSPS) is 10.6. The van der Waals surface area contributed by atoms with Crippen molar-refractivity contribution in [2.24, 2.45) is 0 Å². The Balaban J connectivity index is 2.08. The third-order valence-corrected chi connectivity index (χ3v) is 4.50. The van der Waals surface area contributed by atoms with Crippen LogP contribution in [0.15, 0.2) is 56.1 Å². The molecule has 0 aliphatic rings. The lowest BCUT2D eigenvalue weighted by atomic mass is 10.1. The number of para-hydroxylation sites is 1. The quantitative estimate of drug-likeness (QED) is 0.556. The molecule has 0 unspecified atom stereocenters. The van der Waals surface area contributed by atoms with Crippen molar-refractivity contribution < 1.29 is 13.9 Å². The number of ether oxygens (including phenoxy) is 1. The van der Waals surface area contributed by atoms with E-state index in [1.165, 1.54) is 7.11 Å². The SMILES string of the molecule is CCCNc1c(NC(=O)c2cc(Br)ccc2OC)c(=O)oc2ccccc12. The molecule has 27 heavy (non-hydrogen) atoms. The molecule has 2 aromatic carbocycles. The molecule has 0 aliphatic carbocycles. The van der Waals surface area contributed by atoms with Crippen molar-refractivity contribution in [1.82, 2.24) is 0 Å². The topological polar surface area (TPSA) is 80.6 Å². The van der Waals surface area contributed by atoms with E-state index < -0.39 is 11.5 Å². The second-order valence-electron chi connectivity index (χ2n) is 5.86. The first kappa shape index (κ1) is 19.0. The van der Waals surface area contributed by atoms with Crippen molar-refractivity contribution >= 4 is 44.2 Å². The molecule has 0 atom stereocenters. The van der Waals surface area contributed by atoms with Crippen LogP contribution in [0, 0.1) is 0 Å². The van der Waals surface area contributed by atoms with Gasteiger partial charge in [0, 0.05) is 16.4 Å². The Bertz CT molecular complexity index is 1050. The van der Waals surface area contributed by atoms with Crippen LogP contribution in [0.25, 0.3) is 11.0 Å². The molecule has 0 saturated carbocycles. The third kappa shape index (κ3) is 3.98. The maximum atomic E-state index is 12.8. The van der Waals surface area contributed by atoms with Crippen LogP contribution in [0.3, 0.4) is 0 Å². The highest BCUT2D eigenvalue weighted by molar-refractivity contribution is 9.10. The molecule has 0 spiro atoms. The van der Waals surface area contributed by atoms with Crippen molar-refractivity contribution in [3.8, 4) is 5.75 Å². The van der Waals surface area contributed by atoms with Crippen molar-refractivity contribution in [3.63, 3.8) is 0 Å². The molecule has 3 aromatic rings. The summed E-state index contributed by atoms with van der Waals surface area (Å²) in [5, 5.41) is 6.64. The predicted octanol–water partition coefficient (Wildman–Crippen LogP) is 4.64. The number of amides is 1. The van der Waals surface area contributed by atoms with Crippen LogP contribution in [0.5, 0.6) is 5.75 Å². The van der Waals surface area contributed by atoms with Gasteiger partial charge in [0.25, 0.3) is 5.91 Å². The fraction of sp³-hybridized carbons (Fsp3) is 0.200. The van der Waals surface area contributed by atoms with Gasteiger partial charge in [-0.1, -0.05) is 35.0 Å². The van der Waals surface area contributed by atoms with Crippen molar-refractivity contribution in [3.05, 3.63) is 62.9 Å². The van der Waals surface area contributed by atoms with E-state index in [4.69, 9.17) is 9.15 Å². The summed E-state index contributed by atoms with van der Waals surface area (Å²) in [5.74, 6) is -0.0563. The van der Waals surface area contributed by atoms with Gasteiger partial charge in [0.05, 0.1) is 18.4 Å². The van der Waals surface area contributed by atoms with Gasteiger partial charge < -0.3 is 19.8 Å². The van der Waals surface area contributed by atoms with E-state index in [1.54, 1.807) is 30.3 Å². The standard InChI is InChI=1S/C20H19BrN2O4/c1-3-10-22-17-13-6-4-5-7-16(13)27-20(25)18(17)23-19(24)14-11-12(21)8-9-15(14)26-2/h4-9,11,22H,3,10H2,1-2H3,(H,23,24). The molecule has 2 N–H and O–H groups in total. The van der Waals surface area contributed by atoms with Crippen LogP contribution in [-0.2, 0) is 0 Å². The van der Waals surface area contributed by atoms with E-state index in [2.05, 4.69) is 26.6 Å². The number of nitrogens with one attached hydrogen (secondary N) is 2. The summed E-state index contributed by atoms with van der Waals surface area (Å²) in [6.45, 7) is 2.67. The lowest BCUT2D eigenvalue weighted by Gasteiger charge is -2.15. The molecular formula is C20H19BrN2O4. The van der Waals surface area contributed by atoms with E-state index in [9.17, 15) is 9.59 Å². The number of hydrogen-bond donors (Lipinski definition) is 2. The zero-order chi connectivity index (χ0) is 19.4. The largest absolute Gasteiger partial charge is 0.496 e. The molecule has 0 saturated heterocycles. The van der Waals surface area contributed by atoms with Crippen LogP contribution in [0.2, 0.25) is 0 Å². The molecule has 0 radical (unpaired) electrons. The van der Waals surface area contributed by atoms with Gasteiger partial charge >= 0.3 is 5.63 Å². The number of benzene rings is 2. The summed E-state index contributed by atoms with van der Waals surface area (Å²) in [6, 6.07) is 12.3. The monoisotopic (exact) mass is 430 g/mol. The van der Waals surface area contributed by atoms with Crippen LogP contribution in [-0.4, -0.2) is 19.6 Å². The van der Waals surface area contributed by atoms with Gasteiger partial charge in [-0.05, 0) is 36.8 Å². The van der Waals surface area contributed by atoms with Crippen LogP contribution < -0.4 is 21.0 Å². The summed E-state index contributed by atoms with van der Waals surface area (Å²) >= 11 is 3.35. The summed E-state index contributed by atoms with van der Waals surface area (Å²) in [4.78, 5) is 25.4. The second-order valence-corrected chi connectivity index (χ2v) is 6.78. The molecule has 1 heterocycles. The number of halogens is 1. The van der Waals surface area contributed by atoms with E-state index in [0.717, 1.165) is 16.3 Å². The van der Waals surface area contributed by atoms with E-state index in [0.29, 0.717) is 29.1 Å². The smallest absolute Gasteiger partial charge is 0.362 e. The Labute approximate surface area is 164 Å². The van der Waals surface area contributed by atoms with Gasteiger partial charge in [-0.2, -0.15) is 0 Å². The molecule has 140 valence electrons. The van der Waals surface area contributed by atoms with Gasteiger partial charge in [0.1, 0.15) is 11.3 Å². The Hall–Kier alpha value is -2.80. The minimum atomic E-state index is -0.616. The van der Waals surface area contributed by atoms with Crippen LogP contribution in [0.1, 0.15) is 23.7 Å². The minimum absolute atomic E-state index is 0.0779. The summed E-state index contributed by atoms with van der Waals surface area (Å²) in [5.41, 5.74) is 0.773. The average molecular weight is 431 g/mol. The maximum absolute atomic E-state index is 12.8. The van der Waals surface area contributed by atoms with E-state index >= 15 is 0 Å². The Morgan fingerprint density at radius 3 is 2.70 bits per heavy atom. The number of carbonyl (C=O) groups excluding carboxylic acids is 1. The first-order valence-corrected chi connectivity index (χ1v) is 9.29. The molecule has 1 amide bonds. The number of carbonyl (C=O) groups is 1. The fourth-order valence-corrected chi connectivity index (χ4v) is 3.10. The Kier molecular flexibility index (Phi) is 5.81. The minimum Gasteiger partial charge on any atom is -0.496 e. The van der Waals surface area contributed by atoms with Gasteiger partial charge in [0.2, 0.25) is 0 Å². The van der Waals surface area contributed by atoms with Crippen LogP contribution >= 0.6 is 15.9 Å². The van der Waals surface area contributed by atoms with Crippen molar-refractivity contribution in [2.75, 3.05) is 24.3 Å². The highest BCUT2D eigenvalue weighted by Crippen LogP contribution is 2.30. The highest BCUT2D eigenvalue weighted by Gasteiger charge is 2.20. The van der Waals surface area contributed by atoms with E-state index in [1.807, 2.05) is 19.1 Å². The van der Waals surface area contributed by atoms with Gasteiger partial charge in [-0.25, -0.2) is 4.79 Å². The molecule has 1 aromatic heterocycles. The van der Waals surface area contributed by atoms with Gasteiger partial charge in [-0.15, -0.1) is 0 Å². The zero-order valence-corrected chi connectivity index (χ0v) is 16.6. The first-order chi connectivity index (χ1) is 13.0. The Morgan fingerprint density at radius 1 is 1.19 bits per heavy atom. The predicted molar refractivity (Wildman–Crippen MR) is 110 cm³/mol. The fourth-order valence-electron chi connectivity index (χ4n) is 2.74. The molecule has 7 heteroatoms. The number of rotatable bonds is 6. The van der Waals surface area contributed by atoms with Gasteiger partial charge in [-0.3, -0.25) is 4.79 Å². The summed E-state index contributed by atoms with van der Waals surface area (Å²) < 4.78 is 11.4. The lowest BCUT2D eigenvalue weighted by Crippen LogP contribution is -2.21. The zero-order valence-electron chi connectivity index (χ0n) is 15.0. The molecule has 3 rings (SSSR count). The molecule has 0 fully saturated rings. The summed E-state index contributed by atoms with van der Waals surface area (Å²) in [6.07, 6.45) is 0.862. The molecule has 6 nitrogen and oxygen atoms in total. The lowest BCUT2D eigenvalue weighted by molar-refractivity contribution is 0.102. The number of methoxy groups -OCH3 is 1. The highest BCUT2D eigenvalue weighted by atomic mass is 79.9. The average Bonchev–Trinajstić information content (AvgIpc) is 2.67. The van der Waals surface area contributed by atoms with Crippen molar-refractivity contribution in [1.29, 1.82) is 0 Å². The molecule has 0 aliphatic heterocycles. The van der Waals surface area contributed by atoms with Gasteiger partial charge in [0.15, 0.2) is 5.69 Å².